The van der Waals surface area contributed by atoms with Crippen LogP contribution in [0.1, 0.15) is 26.3 Å². The van der Waals surface area contributed by atoms with Gasteiger partial charge in [0.05, 0.1) is 24.9 Å². The van der Waals surface area contributed by atoms with Gasteiger partial charge in [0.2, 0.25) is 0 Å². The second kappa shape index (κ2) is 9.40. The molecule has 9 heteroatoms. The fourth-order valence-electron chi connectivity index (χ4n) is 4.54. The second-order valence-electron chi connectivity index (χ2n) is 8.31. The van der Waals surface area contributed by atoms with Crippen LogP contribution < -0.4 is 5.32 Å². The Morgan fingerprint density at radius 2 is 1.97 bits per heavy atom. The summed E-state index contributed by atoms with van der Waals surface area (Å²) in [5.74, 6) is -0.183. The Bertz CT molecular complexity index is 904. The normalized spacial score (nSPS) is 28.4. The molecule has 1 N–H and O–H groups in total. The van der Waals surface area contributed by atoms with Crippen LogP contribution in [0.15, 0.2) is 41.5 Å². The predicted octanol–water partition coefficient (Wildman–Crippen LogP) is 1.59. The standard InChI is InChI=1S/C23H32N6O3/c1-5-32-15-14-28-22-24-20-19(29(22)17(3)16(2)25-28)21(30)27(23(31)26(20)4)13-9-12-18-10-7-6-8-11-18/h6-12,17,19-20,22,24H,5,13-15H2,1-4H3/b12-9+. The van der Waals surface area contributed by atoms with Crippen molar-refractivity contribution >= 4 is 23.7 Å². The molecule has 0 spiro atoms. The molecule has 1 aromatic rings. The summed E-state index contributed by atoms with van der Waals surface area (Å²) in [6.07, 6.45) is 3.11. The molecule has 3 amide bonds. The summed E-state index contributed by atoms with van der Waals surface area (Å²) >= 11 is 0. The molecule has 4 rings (SSSR count). The first-order valence-electron chi connectivity index (χ1n) is 11.2. The van der Waals surface area contributed by atoms with Crippen LogP contribution in [0, 0.1) is 0 Å². The van der Waals surface area contributed by atoms with Crippen molar-refractivity contribution in [2.24, 2.45) is 5.10 Å². The number of hydrazone groups is 1. The number of ether oxygens (including phenoxy) is 1. The number of carbonyl (C=O) groups excluding carboxylic acids is 2. The van der Waals surface area contributed by atoms with Crippen molar-refractivity contribution in [2.75, 3.05) is 33.4 Å². The van der Waals surface area contributed by atoms with E-state index >= 15 is 0 Å². The number of hydrogen-bond acceptors (Lipinski definition) is 7. The van der Waals surface area contributed by atoms with Crippen molar-refractivity contribution in [1.29, 1.82) is 0 Å². The van der Waals surface area contributed by atoms with Gasteiger partial charge in [0.15, 0.2) is 6.29 Å². The highest BCUT2D eigenvalue weighted by Crippen LogP contribution is 2.32. The fourth-order valence-corrected chi connectivity index (χ4v) is 4.54. The maximum absolute atomic E-state index is 13.6. The number of likely N-dealkylation sites (N-methyl/N-ethyl adjacent to an activating group) is 1. The number of amides is 3. The summed E-state index contributed by atoms with van der Waals surface area (Å²) in [5, 5.41) is 10.1. The lowest BCUT2D eigenvalue weighted by Crippen LogP contribution is -2.67. The summed E-state index contributed by atoms with van der Waals surface area (Å²) in [7, 11) is 1.74. The van der Waals surface area contributed by atoms with E-state index in [0.717, 1.165) is 11.3 Å². The van der Waals surface area contributed by atoms with Crippen molar-refractivity contribution in [2.45, 2.75) is 45.3 Å². The van der Waals surface area contributed by atoms with Gasteiger partial charge < -0.3 is 9.64 Å². The molecule has 1 aromatic carbocycles. The highest BCUT2D eigenvalue weighted by Gasteiger charge is 2.57. The molecule has 0 aliphatic carbocycles. The Kier molecular flexibility index (Phi) is 6.59. The highest BCUT2D eigenvalue weighted by atomic mass is 16.5. The summed E-state index contributed by atoms with van der Waals surface area (Å²) < 4.78 is 5.52. The minimum Gasteiger partial charge on any atom is -0.380 e. The van der Waals surface area contributed by atoms with Crippen molar-refractivity contribution < 1.29 is 14.3 Å². The number of imide groups is 1. The van der Waals surface area contributed by atoms with Crippen molar-refractivity contribution in [3.05, 3.63) is 42.0 Å². The van der Waals surface area contributed by atoms with E-state index in [9.17, 15) is 9.59 Å². The number of nitrogens with one attached hydrogen (secondary N) is 1. The predicted molar refractivity (Wildman–Crippen MR) is 122 cm³/mol. The van der Waals surface area contributed by atoms with Gasteiger partial charge in [-0.1, -0.05) is 42.5 Å². The van der Waals surface area contributed by atoms with E-state index in [-0.39, 0.29) is 30.8 Å². The van der Waals surface area contributed by atoms with E-state index in [4.69, 9.17) is 9.84 Å². The van der Waals surface area contributed by atoms with Gasteiger partial charge in [-0.25, -0.2) is 9.69 Å². The number of carbonyl (C=O) groups is 2. The average Bonchev–Trinajstić information content (AvgIpc) is 3.20. The summed E-state index contributed by atoms with van der Waals surface area (Å²) in [4.78, 5) is 31.7. The first kappa shape index (κ1) is 22.4. The lowest BCUT2D eigenvalue weighted by molar-refractivity contribution is -0.139. The maximum Gasteiger partial charge on any atom is 0.328 e. The Balaban J connectivity index is 1.55. The van der Waals surface area contributed by atoms with E-state index in [1.54, 1.807) is 11.9 Å². The molecule has 4 unspecified atom stereocenters. The van der Waals surface area contributed by atoms with Crippen molar-refractivity contribution in [3.8, 4) is 0 Å². The first-order chi connectivity index (χ1) is 15.4. The molecule has 3 aliphatic rings. The molecule has 3 aliphatic heterocycles. The van der Waals surface area contributed by atoms with Crippen LogP contribution >= 0.6 is 0 Å². The zero-order valence-corrected chi connectivity index (χ0v) is 19.1. The molecule has 9 nitrogen and oxygen atoms in total. The van der Waals surface area contributed by atoms with E-state index in [1.807, 2.05) is 61.3 Å². The van der Waals surface area contributed by atoms with Gasteiger partial charge in [-0.15, -0.1) is 0 Å². The highest BCUT2D eigenvalue weighted by molar-refractivity contribution is 6.01. The van der Waals surface area contributed by atoms with Gasteiger partial charge in [0.1, 0.15) is 12.2 Å². The quantitative estimate of drug-likeness (QED) is 0.649. The summed E-state index contributed by atoms with van der Waals surface area (Å²) in [5.41, 5.74) is 1.96. The molecular weight excluding hydrogens is 408 g/mol. The van der Waals surface area contributed by atoms with Crippen molar-refractivity contribution in [1.82, 2.24) is 25.0 Å². The van der Waals surface area contributed by atoms with Crippen LogP contribution in [0.5, 0.6) is 0 Å². The molecule has 0 aromatic heterocycles. The fraction of sp³-hybridized carbons (Fsp3) is 0.522. The molecule has 32 heavy (non-hydrogen) atoms. The Hall–Kier alpha value is -2.75. The summed E-state index contributed by atoms with van der Waals surface area (Å²) in [6, 6.07) is 9.03. The number of urea groups is 1. The topological polar surface area (TPSA) is 80.7 Å². The zero-order chi connectivity index (χ0) is 22.8. The number of rotatable bonds is 7. The number of benzene rings is 1. The van der Waals surface area contributed by atoms with Crippen LogP contribution in [0.4, 0.5) is 4.79 Å². The van der Waals surface area contributed by atoms with Crippen LogP contribution in [0.2, 0.25) is 0 Å². The number of nitrogens with zero attached hydrogens (tertiary/aromatic N) is 5. The molecule has 0 radical (unpaired) electrons. The Morgan fingerprint density at radius 1 is 1.22 bits per heavy atom. The van der Waals surface area contributed by atoms with Gasteiger partial charge in [0, 0.05) is 20.2 Å². The third kappa shape index (κ3) is 4.03. The molecule has 0 saturated carbocycles. The third-order valence-electron chi connectivity index (χ3n) is 6.38. The molecule has 2 saturated heterocycles. The number of fused-ring (bicyclic) bond motifs is 3. The first-order valence-corrected chi connectivity index (χ1v) is 11.2. The van der Waals surface area contributed by atoms with Gasteiger partial charge in [-0.3, -0.25) is 20.0 Å². The zero-order valence-electron chi connectivity index (χ0n) is 19.1. The van der Waals surface area contributed by atoms with Crippen molar-refractivity contribution in [3.63, 3.8) is 0 Å². The average molecular weight is 441 g/mol. The smallest absolute Gasteiger partial charge is 0.328 e. The van der Waals surface area contributed by atoms with Gasteiger partial charge in [-0.2, -0.15) is 5.10 Å². The van der Waals surface area contributed by atoms with E-state index in [0.29, 0.717) is 19.8 Å². The van der Waals surface area contributed by atoms with Crippen LogP contribution in [0.25, 0.3) is 6.08 Å². The van der Waals surface area contributed by atoms with E-state index < -0.39 is 12.2 Å². The van der Waals surface area contributed by atoms with Crippen LogP contribution in [0.3, 0.4) is 0 Å². The summed E-state index contributed by atoms with van der Waals surface area (Å²) in [6.45, 7) is 8.00. The number of hydrogen-bond donors (Lipinski definition) is 1. The minimum absolute atomic E-state index is 0.0295. The molecule has 3 heterocycles. The van der Waals surface area contributed by atoms with Crippen LogP contribution in [-0.2, 0) is 9.53 Å². The lowest BCUT2D eigenvalue weighted by Gasteiger charge is -2.44. The third-order valence-corrected chi connectivity index (χ3v) is 6.38. The molecule has 2 fully saturated rings. The van der Waals surface area contributed by atoms with Gasteiger partial charge in [0.25, 0.3) is 5.91 Å². The Morgan fingerprint density at radius 3 is 2.69 bits per heavy atom. The maximum atomic E-state index is 13.6. The minimum atomic E-state index is -0.483. The Labute approximate surface area is 189 Å². The lowest BCUT2D eigenvalue weighted by atomic mass is 10.1. The monoisotopic (exact) mass is 440 g/mol. The molecule has 4 atom stereocenters. The second-order valence-corrected chi connectivity index (χ2v) is 8.31. The largest absolute Gasteiger partial charge is 0.380 e. The van der Waals surface area contributed by atoms with Crippen LogP contribution in [-0.4, -0.2) is 95.2 Å². The van der Waals surface area contributed by atoms with E-state index in [1.165, 1.54) is 4.90 Å². The molecular formula is C23H32N6O3. The van der Waals surface area contributed by atoms with Gasteiger partial charge >= 0.3 is 6.03 Å². The molecule has 0 bridgehead atoms. The van der Waals surface area contributed by atoms with E-state index in [2.05, 4.69) is 17.1 Å². The SMILES string of the molecule is CCOCCN1N=C(C)C(C)N2C3C(=O)N(C/C=C/c4ccccc4)C(=O)N(C)C3NC12. The molecule has 172 valence electrons. The van der Waals surface area contributed by atoms with Gasteiger partial charge in [-0.05, 0) is 26.3 Å².